The first-order valence-corrected chi connectivity index (χ1v) is 7.34. The third-order valence-electron chi connectivity index (χ3n) is 4.14. The van der Waals surface area contributed by atoms with E-state index >= 15 is 0 Å². The zero-order valence-corrected chi connectivity index (χ0v) is 13.1. The highest BCUT2D eigenvalue weighted by atomic mass is 16.6. The molecule has 1 aliphatic carbocycles. The second-order valence-electron chi connectivity index (χ2n) is 6.17. The summed E-state index contributed by atoms with van der Waals surface area (Å²) in [5, 5.41) is 0. The van der Waals surface area contributed by atoms with Crippen molar-refractivity contribution in [2.24, 2.45) is 5.92 Å². The van der Waals surface area contributed by atoms with Crippen LogP contribution in [0.1, 0.15) is 66.7 Å². The molecule has 108 valence electrons. The van der Waals surface area contributed by atoms with Gasteiger partial charge in [-0.15, -0.1) is 0 Å². The van der Waals surface area contributed by atoms with Gasteiger partial charge in [0.2, 0.25) is 0 Å². The Morgan fingerprint density at radius 3 is 2.63 bits per heavy atom. The summed E-state index contributed by atoms with van der Waals surface area (Å²) in [6.07, 6.45) is 9.52. The summed E-state index contributed by atoms with van der Waals surface area (Å²) in [6, 6.07) is 0. The number of carbonyl (C=O) groups is 1. The molecule has 2 atom stereocenters. The van der Waals surface area contributed by atoms with E-state index in [1.165, 1.54) is 18.1 Å². The molecule has 1 unspecified atom stereocenters. The van der Waals surface area contributed by atoms with E-state index in [0.29, 0.717) is 5.92 Å². The zero-order chi connectivity index (χ0) is 14.5. The average molecular weight is 264 g/mol. The Morgan fingerprint density at radius 2 is 2.16 bits per heavy atom. The summed E-state index contributed by atoms with van der Waals surface area (Å²) in [6.45, 7) is 10.1. The molecule has 0 saturated carbocycles. The number of rotatable bonds is 5. The lowest BCUT2D eigenvalue weighted by atomic mass is 9.75. The molecule has 2 nitrogen and oxygen atoms in total. The van der Waals surface area contributed by atoms with Crippen molar-refractivity contribution in [2.45, 2.75) is 72.3 Å². The summed E-state index contributed by atoms with van der Waals surface area (Å²) in [7, 11) is 0. The molecule has 0 radical (unpaired) electrons. The monoisotopic (exact) mass is 264 g/mol. The second-order valence-corrected chi connectivity index (χ2v) is 6.17. The standard InChI is InChI=1S/C17H28O2/c1-13(2)7-6-8-15(4)17(19-16(5)18)11-9-14(3)10-12-17/h7,9,15H,6,8,10-12H2,1-5H3/t15-,17?/m1/s1. The number of hydrogen-bond donors (Lipinski definition) is 0. The lowest BCUT2D eigenvalue weighted by Gasteiger charge is -2.40. The lowest BCUT2D eigenvalue weighted by molar-refractivity contribution is -0.164. The minimum absolute atomic E-state index is 0.151. The molecule has 0 spiro atoms. The van der Waals surface area contributed by atoms with Gasteiger partial charge in [0.05, 0.1) is 0 Å². The topological polar surface area (TPSA) is 26.3 Å². The van der Waals surface area contributed by atoms with Crippen LogP contribution >= 0.6 is 0 Å². The van der Waals surface area contributed by atoms with Crippen molar-refractivity contribution in [3.63, 3.8) is 0 Å². The van der Waals surface area contributed by atoms with Gasteiger partial charge in [0.25, 0.3) is 0 Å². The van der Waals surface area contributed by atoms with Gasteiger partial charge in [0.15, 0.2) is 0 Å². The van der Waals surface area contributed by atoms with Gasteiger partial charge in [-0.3, -0.25) is 4.79 Å². The van der Waals surface area contributed by atoms with Crippen LogP contribution in [0.4, 0.5) is 0 Å². The molecule has 19 heavy (non-hydrogen) atoms. The minimum atomic E-state index is -0.277. The molecule has 0 amide bonds. The van der Waals surface area contributed by atoms with E-state index in [1.807, 2.05) is 0 Å². The van der Waals surface area contributed by atoms with Crippen molar-refractivity contribution in [2.75, 3.05) is 0 Å². The fraction of sp³-hybridized carbons (Fsp3) is 0.706. The molecule has 1 rings (SSSR count). The number of allylic oxidation sites excluding steroid dienone is 3. The molecule has 1 aliphatic rings. The second kappa shape index (κ2) is 6.93. The summed E-state index contributed by atoms with van der Waals surface area (Å²) in [5.74, 6) is 0.248. The van der Waals surface area contributed by atoms with Crippen LogP contribution in [0.3, 0.4) is 0 Å². The van der Waals surface area contributed by atoms with E-state index < -0.39 is 0 Å². The molecule has 0 aromatic carbocycles. The van der Waals surface area contributed by atoms with Crippen molar-refractivity contribution >= 4 is 5.97 Å². The first kappa shape index (κ1) is 16.0. The van der Waals surface area contributed by atoms with Gasteiger partial charge in [0.1, 0.15) is 5.60 Å². The van der Waals surface area contributed by atoms with Crippen molar-refractivity contribution in [3.8, 4) is 0 Å². The minimum Gasteiger partial charge on any atom is -0.459 e. The van der Waals surface area contributed by atoms with E-state index in [4.69, 9.17) is 4.74 Å². The molecule has 0 aliphatic heterocycles. The summed E-state index contributed by atoms with van der Waals surface area (Å²) in [4.78, 5) is 11.4. The van der Waals surface area contributed by atoms with Gasteiger partial charge in [-0.05, 0) is 52.4 Å². The number of ether oxygens (including phenoxy) is 1. The van der Waals surface area contributed by atoms with Gasteiger partial charge in [0, 0.05) is 13.3 Å². The first-order valence-electron chi connectivity index (χ1n) is 7.34. The van der Waals surface area contributed by atoms with E-state index in [2.05, 4.69) is 39.8 Å². The Labute approximate surface area is 117 Å². The molecule has 0 heterocycles. The van der Waals surface area contributed by atoms with Crippen LogP contribution in [0.5, 0.6) is 0 Å². The molecule has 0 N–H and O–H groups in total. The van der Waals surface area contributed by atoms with Crippen LogP contribution in [-0.4, -0.2) is 11.6 Å². The maximum Gasteiger partial charge on any atom is 0.303 e. The highest BCUT2D eigenvalue weighted by Crippen LogP contribution is 2.39. The van der Waals surface area contributed by atoms with Gasteiger partial charge in [-0.25, -0.2) is 0 Å². The van der Waals surface area contributed by atoms with Gasteiger partial charge in [-0.1, -0.05) is 30.2 Å². The SMILES string of the molecule is CC(=O)OC1([C@H](C)CCC=C(C)C)CC=C(C)CC1. The molecule has 0 aromatic rings. The van der Waals surface area contributed by atoms with Crippen LogP contribution in [0.15, 0.2) is 23.3 Å². The Bertz CT molecular complexity index is 375. The Kier molecular flexibility index (Phi) is 5.84. The van der Waals surface area contributed by atoms with Gasteiger partial charge < -0.3 is 4.74 Å². The number of esters is 1. The van der Waals surface area contributed by atoms with E-state index in [-0.39, 0.29) is 11.6 Å². The molecule has 0 bridgehead atoms. The van der Waals surface area contributed by atoms with E-state index in [0.717, 1.165) is 32.1 Å². The quantitative estimate of drug-likeness (QED) is 0.526. The molecule has 0 fully saturated rings. The first-order chi connectivity index (χ1) is 8.85. The van der Waals surface area contributed by atoms with Crippen molar-refractivity contribution in [1.82, 2.24) is 0 Å². The van der Waals surface area contributed by atoms with E-state index in [1.54, 1.807) is 0 Å². The Balaban J connectivity index is 2.73. The maximum atomic E-state index is 11.4. The Hall–Kier alpha value is -1.05. The normalized spacial score (nSPS) is 24.4. The molecular weight excluding hydrogens is 236 g/mol. The Morgan fingerprint density at radius 1 is 1.47 bits per heavy atom. The highest BCUT2D eigenvalue weighted by Gasteiger charge is 2.39. The van der Waals surface area contributed by atoms with Crippen LogP contribution in [0.25, 0.3) is 0 Å². The predicted molar refractivity (Wildman–Crippen MR) is 79.9 cm³/mol. The third-order valence-corrected chi connectivity index (χ3v) is 4.14. The predicted octanol–water partition coefficient (Wildman–Crippen LogP) is 4.80. The van der Waals surface area contributed by atoms with Crippen LogP contribution in [0.2, 0.25) is 0 Å². The largest absolute Gasteiger partial charge is 0.459 e. The van der Waals surface area contributed by atoms with Crippen molar-refractivity contribution in [1.29, 1.82) is 0 Å². The van der Waals surface area contributed by atoms with Gasteiger partial charge >= 0.3 is 5.97 Å². The third kappa shape index (κ3) is 4.85. The molecule has 0 saturated heterocycles. The summed E-state index contributed by atoms with van der Waals surface area (Å²) < 4.78 is 5.74. The number of carbonyl (C=O) groups excluding carboxylic acids is 1. The molecule has 2 heteroatoms. The summed E-state index contributed by atoms with van der Waals surface area (Å²) in [5.41, 5.74) is 2.49. The summed E-state index contributed by atoms with van der Waals surface area (Å²) >= 11 is 0. The van der Waals surface area contributed by atoms with Crippen molar-refractivity contribution in [3.05, 3.63) is 23.3 Å². The van der Waals surface area contributed by atoms with Crippen LogP contribution in [0, 0.1) is 5.92 Å². The fourth-order valence-corrected chi connectivity index (χ4v) is 2.77. The highest BCUT2D eigenvalue weighted by molar-refractivity contribution is 5.66. The number of hydrogen-bond acceptors (Lipinski definition) is 2. The molecule has 0 aromatic heterocycles. The van der Waals surface area contributed by atoms with Gasteiger partial charge in [-0.2, -0.15) is 0 Å². The van der Waals surface area contributed by atoms with Crippen LogP contribution < -0.4 is 0 Å². The molecular formula is C17H28O2. The van der Waals surface area contributed by atoms with E-state index in [9.17, 15) is 4.79 Å². The van der Waals surface area contributed by atoms with Crippen LogP contribution in [-0.2, 0) is 9.53 Å². The fourth-order valence-electron chi connectivity index (χ4n) is 2.77. The smallest absolute Gasteiger partial charge is 0.303 e. The average Bonchev–Trinajstić information content (AvgIpc) is 2.31. The zero-order valence-electron chi connectivity index (χ0n) is 13.1. The maximum absolute atomic E-state index is 11.4. The van der Waals surface area contributed by atoms with Crippen molar-refractivity contribution < 1.29 is 9.53 Å². The lowest BCUT2D eigenvalue weighted by Crippen LogP contribution is -2.42.